The standard InChI is InChI=1S/C15H22N2O3/c1-10-9-17(2)7-6-13(10)16-15(19)12-8-11(20-3)4-5-14(12)18/h4-5,8,10,13,18H,6-7,9H2,1-3H3,(H,16,19). The van der Waals surface area contributed by atoms with Gasteiger partial charge in [0.15, 0.2) is 0 Å². The molecule has 5 heteroatoms. The number of benzene rings is 1. The molecule has 1 amide bonds. The fourth-order valence-corrected chi connectivity index (χ4v) is 2.64. The largest absolute Gasteiger partial charge is 0.507 e. The Hall–Kier alpha value is -1.75. The molecular weight excluding hydrogens is 256 g/mol. The number of hydrogen-bond acceptors (Lipinski definition) is 4. The van der Waals surface area contributed by atoms with Crippen molar-refractivity contribution in [2.75, 3.05) is 27.2 Å². The van der Waals surface area contributed by atoms with Crippen LogP contribution in [0, 0.1) is 5.92 Å². The van der Waals surface area contributed by atoms with E-state index >= 15 is 0 Å². The Kier molecular flexibility index (Phi) is 4.49. The molecule has 1 aliphatic heterocycles. The number of rotatable bonds is 3. The molecule has 0 spiro atoms. The summed E-state index contributed by atoms with van der Waals surface area (Å²) in [5.41, 5.74) is 0.260. The van der Waals surface area contributed by atoms with E-state index in [9.17, 15) is 9.90 Å². The van der Waals surface area contributed by atoms with Crippen LogP contribution in [0.1, 0.15) is 23.7 Å². The second-order valence-corrected chi connectivity index (χ2v) is 5.49. The molecule has 1 aliphatic rings. The minimum Gasteiger partial charge on any atom is -0.507 e. The third-order valence-corrected chi connectivity index (χ3v) is 3.87. The SMILES string of the molecule is COc1ccc(O)c(C(=O)NC2CCN(C)CC2C)c1. The Morgan fingerprint density at radius 3 is 2.90 bits per heavy atom. The van der Waals surface area contributed by atoms with Crippen molar-refractivity contribution in [3.8, 4) is 11.5 Å². The number of carbonyl (C=O) groups excluding carboxylic acids is 1. The van der Waals surface area contributed by atoms with Gasteiger partial charge in [0.2, 0.25) is 0 Å². The summed E-state index contributed by atoms with van der Waals surface area (Å²) in [4.78, 5) is 14.5. The average Bonchev–Trinajstić information content (AvgIpc) is 2.42. The molecule has 1 fully saturated rings. The number of nitrogens with one attached hydrogen (secondary N) is 1. The van der Waals surface area contributed by atoms with Crippen molar-refractivity contribution < 1.29 is 14.6 Å². The van der Waals surface area contributed by atoms with Crippen molar-refractivity contribution >= 4 is 5.91 Å². The van der Waals surface area contributed by atoms with E-state index in [-0.39, 0.29) is 23.3 Å². The number of methoxy groups -OCH3 is 1. The summed E-state index contributed by atoms with van der Waals surface area (Å²) in [5, 5.41) is 12.8. The van der Waals surface area contributed by atoms with Crippen LogP contribution in [0.5, 0.6) is 11.5 Å². The van der Waals surface area contributed by atoms with E-state index < -0.39 is 0 Å². The molecule has 2 N–H and O–H groups in total. The highest BCUT2D eigenvalue weighted by atomic mass is 16.5. The smallest absolute Gasteiger partial charge is 0.255 e. The van der Waals surface area contributed by atoms with Crippen LogP contribution in [-0.4, -0.2) is 49.2 Å². The maximum atomic E-state index is 12.3. The molecule has 0 bridgehead atoms. The molecule has 0 aliphatic carbocycles. The molecule has 110 valence electrons. The lowest BCUT2D eigenvalue weighted by Crippen LogP contribution is -2.48. The van der Waals surface area contributed by atoms with Crippen LogP contribution in [-0.2, 0) is 0 Å². The summed E-state index contributed by atoms with van der Waals surface area (Å²) in [7, 11) is 3.62. The second kappa shape index (κ2) is 6.13. The van der Waals surface area contributed by atoms with Gasteiger partial charge in [0.1, 0.15) is 11.5 Å². The van der Waals surface area contributed by atoms with Gasteiger partial charge in [-0.25, -0.2) is 0 Å². The fraction of sp³-hybridized carbons (Fsp3) is 0.533. The van der Waals surface area contributed by atoms with E-state index in [0.29, 0.717) is 11.7 Å². The summed E-state index contributed by atoms with van der Waals surface area (Å²) >= 11 is 0. The molecule has 1 aromatic carbocycles. The van der Waals surface area contributed by atoms with Crippen LogP contribution in [0.15, 0.2) is 18.2 Å². The summed E-state index contributed by atoms with van der Waals surface area (Å²) < 4.78 is 5.09. The van der Waals surface area contributed by atoms with Crippen LogP contribution in [0.2, 0.25) is 0 Å². The van der Waals surface area contributed by atoms with E-state index in [2.05, 4.69) is 24.2 Å². The first kappa shape index (κ1) is 14.7. The number of phenolic OH excluding ortho intramolecular Hbond substituents is 1. The molecule has 5 nitrogen and oxygen atoms in total. The van der Waals surface area contributed by atoms with E-state index in [0.717, 1.165) is 19.5 Å². The van der Waals surface area contributed by atoms with Gasteiger partial charge in [0.25, 0.3) is 5.91 Å². The molecular formula is C15H22N2O3. The topological polar surface area (TPSA) is 61.8 Å². The predicted molar refractivity (Wildman–Crippen MR) is 77.2 cm³/mol. The number of hydrogen-bond donors (Lipinski definition) is 2. The number of carbonyl (C=O) groups is 1. The lowest BCUT2D eigenvalue weighted by molar-refractivity contribution is 0.0881. The third-order valence-electron chi connectivity index (χ3n) is 3.87. The molecule has 1 saturated heterocycles. The maximum Gasteiger partial charge on any atom is 0.255 e. The highest BCUT2D eigenvalue weighted by Crippen LogP contribution is 2.24. The van der Waals surface area contributed by atoms with Crippen LogP contribution >= 0.6 is 0 Å². The highest BCUT2D eigenvalue weighted by Gasteiger charge is 2.26. The van der Waals surface area contributed by atoms with Gasteiger partial charge in [-0.15, -0.1) is 0 Å². The second-order valence-electron chi connectivity index (χ2n) is 5.49. The third kappa shape index (κ3) is 3.22. The summed E-state index contributed by atoms with van der Waals surface area (Å²) in [6.07, 6.45) is 0.925. The van der Waals surface area contributed by atoms with Gasteiger partial charge in [0, 0.05) is 12.6 Å². The number of ether oxygens (including phenoxy) is 1. The number of phenols is 1. The lowest BCUT2D eigenvalue weighted by Gasteiger charge is -2.35. The Balaban J connectivity index is 2.08. The lowest BCUT2D eigenvalue weighted by atomic mass is 9.94. The zero-order valence-corrected chi connectivity index (χ0v) is 12.2. The first-order chi connectivity index (χ1) is 9.51. The quantitative estimate of drug-likeness (QED) is 0.879. The molecule has 2 rings (SSSR count). The molecule has 0 aromatic heterocycles. The van der Waals surface area contributed by atoms with Crippen molar-refractivity contribution in [3.63, 3.8) is 0 Å². The molecule has 0 saturated carbocycles. The first-order valence-electron chi connectivity index (χ1n) is 6.87. The number of nitrogens with zero attached hydrogens (tertiary/aromatic N) is 1. The zero-order valence-electron chi connectivity index (χ0n) is 12.2. The Labute approximate surface area is 119 Å². The van der Waals surface area contributed by atoms with Gasteiger partial charge in [-0.3, -0.25) is 4.79 Å². The average molecular weight is 278 g/mol. The van der Waals surface area contributed by atoms with Crippen molar-refractivity contribution in [1.82, 2.24) is 10.2 Å². The van der Waals surface area contributed by atoms with E-state index in [1.165, 1.54) is 13.2 Å². The van der Waals surface area contributed by atoms with Crippen molar-refractivity contribution in [2.24, 2.45) is 5.92 Å². The number of amides is 1. The number of aromatic hydroxyl groups is 1. The minimum atomic E-state index is -0.247. The molecule has 1 aromatic rings. The van der Waals surface area contributed by atoms with Crippen LogP contribution < -0.4 is 10.1 Å². The highest BCUT2D eigenvalue weighted by molar-refractivity contribution is 5.97. The monoisotopic (exact) mass is 278 g/mol. The van der Waals surface area contributed by atoms with Crippen molar-refractivity contribution in [3.05, 3.63) is 23.8 Å². The van der Waals surface area contributed by atoms with Crippen molar-refractivity contribution in [2.45, 2.75) is 19.4 Å². The maximum absolute atomic E-state index is 12.3. The predicted octanol–water partition coefficient (Wildman–Crippen LogP) is 1.47. The summed E-state index contributed by atoms with van der Waals surface area (Å²) in [5.74, 6) is 0.682. The van der Waals surface area contributed by atoms with Crippen LogP contribution in [0.4, 0.5) is 0 Å². The van der Waals surface area contributed by atoms with Crippen LogP contribution in [0.25, 0.3) is 0 Å². The van der Waals surface area contributed by atoms with E-state index in [1.807, 2.05) is 0 Å². The number of piperidine rings is 1. The van der Waals surface area contributed by atoms with Gasteiger partial charge in [-0.2, -0.15) is 0 Å². The van der Waals surface area contributed by atoms with E-state index in [4.69, 9.17) is 4.74 Å². The van der Waals surface area contributed by atoms with Gasteiger partial charge >= 0.3 is 0 Å². The first-order valence-corrected chi connectivity index (χ1v) is 6.87. The fourth-order valence-electron chi connectivity index (χ4n) is 2.64. The van der Waals surface area contributed by atoms with Crippen LogP contribution in [0.3, 0.4) is 0 Å². The molecule has 1 heterocycles. The molecule has 2 unspecified atom stereocenters. The summed E-state index contributed by atoms with van der Waals surface area (Å²) in [6.45, 7) is 4.07. The van der Waals surface area contributed by atoms with Gasteiger partial charge in [-0.1, -0.05) is 6.92 Å². The summed E-state index contributed by atoms with van der Waals surface area (Å²) in [6, 6.07) is 4.81. The Bertz CT molecular complexity index is 490. The molecule has 20 heavy (non-hydrogen) atoms. The minimum absolute atomic E-state index is 0.0242. The van der Waals surface area contributed by atoms with Gasteiger partial charge < -0.3 is 20.1 Å². The molecule has 2 atom stereocenters. The van der Waals surface area contributed by atoms with E-state index in [1.54, 1.807) is 12.1 Å². The van der Waals surface area contributed by atoms with Crippen molar-refractivity contribution in [1.29, 1.82) is 0 Å². The Morgan fingerprint density at radius 2 is 2.25 bits per heavy atom. The number of likely N-dealkylation sites (tertiary alicyclic amines) is 1. The van der Waals surface area contributed by atoms with Gasteiger partial charge in [-0.05, 0) is 44.1 Å². The zero-order chi connectivity index (χ0) is 14.7. The normalized spacial score (nSPS) is 23.4. The van der Waals surface area contributed by atoms with Gasteiger partial charge in [0.05, 0.1) is 12.7 Å². The molecule has 0 radical (unpaired) electrons. The Morgan fingerprint density at radius 1 is 1.50 bits per heavy atom.